The molecule has 0 aliphatic carbocycles. The third kappa shape index (κ3) is 4.79. The standard InChI is InChI=1S/C14H19N5O2/c1-10-3-4-12(21-10)11(2)19-14(20)18-8-7-17-13-9-15-5-6-16-13/h3-6,9,11H,7-8H2,1-2H3,(H,16,17)(H2,18,19,20)/t11-/m0/s1. The van der Waals surface area contributed by atoms with Crippen molar-refractivity contribution in [2.45, 2.75) is 19.9 Å². The van der Waals surface area contributed by atoms with Gasteiger partial charge in [0, 0.05) is 25.5 Å². The number of hydrogen-bond donors (Lipinski definition) is 3. The Labute approximate surface area is 123 Å². The molecule has 0 aliphatic heterocycles. The number of aryl methyl sites for hydroxylation is 1. The fourth-order valence-corrected chi connectivity index (χ4v) is 1.76. The molecule has 0 saturated carbocycles. The number of furan rings is 1. The molecule has 0 bridgehead atoms. The molecule has 21 heavy (non-hydrogen) atoms. The normalized spacial score (nSPS) is 11.7. The van der Waals surface area contributed by atoms with Gasteiger partial charge >= 0.3 is 6.03 Å². The lowest BCUT2D eigenvalue weighted by Gasteiger charge is -2.13. The molecule has 0 spiro atoms. The molecule has 112 valence electrons. The van der Waals surface area contributed by atoms with Crippen LogP contribution in [0.3, 0.4) is 0 Å². The van der Waals surface area contributed by atoms with Crippen LogP contribution in [0.1, 0.15) is 24.5 Å². The number of aromatic nitrogens is 2. The van der Waals surface area contributed by atoms with E-state index in [1.165, 1.54) is 0 Å². The maximum atomic E-state index is 11.7. The lowest BCUT2D eigenvalue weighted by molar-refractivity contribution is 0.236. The molecule has 3 N–H and O–H groups in total. The summed E-state index contributed by atoms with van der Waals surface area (Å²) in [4.78, 5) is 19.7. The number of carbonyl (C=O) groups is 1. The lowest BCUT2D eigenvalue weighted by atomic mass is 10.2. The van der Waals surface area contributed by atoms with Gasteiger partial charge < -0.3 is 20.4 Å². The van der Waals surface area contributed by atoms with Gasteiger partial charge in [0.2, 0.25) is 0 Å². The molecule has 0 saturated heterocycles. The molecule has 0 fully saturated rings. The van der Waals surface area contributed by atoms with Crippen LogP contribution >= 0.6 is 0 Å². The second kappa shape index (κ2) is 7.28. The van der Waals surface area contributed by atoms with E-state index in [2.05, 4.69) is 25.9 Å². The smallest absolute Gasteiger partial charge is 0.315 e. The minimum Gasteiger partial charge on any atom is -0.464 e. The van der Waals surface area contributed by atoms with Crippen molar-refractivity contribution in [2.24, 2.45) is 0 Å². The second-order valence-corrected chi connectivity index (χ2v) is 4.59. The molecule has 7 heteroatoms. The molecule has 2 aromatic heterocycles. The van der Waals surface area contributed by atoms with E-state index in [1.54, 1.807) is 18.6 Å². The average Bonchev–Trinajstić information content (AvgIpc) is 2.91. The molecule has 0 aromatic carbocycles. The van der Waals surface area contributed by atoms with Crippen molar-refractivity contribution in [3.05, 3.63) is 42.2 Å². The zero-order valence-electron chi connectivity index (χ0n) is 12.1. The Morgan fingerprint density at radius 3 is 2.86 bits per heavy atom. The molecule has 2 aromatic rings. The first-order valence-corrected chi connectivity index (χ1v) is 6.76. The second-order valence-electron chi connectivity index (χ2n) is 4.59. The van der Waals surface area contributed by atoms with Crippen molar-refractivity contribution in [3.8, 4) is 0 Å². The highest BCUT2D eigenvalue weighted by Crippen LogP contribution is 2.14. The summed E-state index contributed by atoms with van der Waals surface area (Å²) in [5.41, 5.74) is 0. The van der Waals surface area contributed by atoms with Gasteiger partial charge in [-0.05, 0) is 26.0 Å². The topological polar surface area (TPSA) is 92.1 Å². The fraction of sp³-hybridized carbons (Fsp3) is 0.357. The van der Waals surface area contributed by atoms with E-state index in [4.69, 9.17) is 4.42 Å². The van der Waals surface area contributed by atoms with Gasteiger partial charge in [-0.15, -0.1) is 0 Å². The number of hydrogen-bond acceptors (Lipinski definition) is 5. The number of nitrogens with one attached hydrogen (secondary N) is 3. The molecule has 0 radical (unpaired) electrons. The summed E-state index contributed by atoms with van der Waals surface area (Å²) in [7, 11) is 0. The monoisotopic (exact) mass is 289 g/mol. The Kier molecular flexibility index (Phi) is 5.14. The molecule has 0 unspecified atom stereocenters. The number of carbonyl (C=O) groups excluding carboxylic acids is 1. The number of rotatable bonds is 6. The zero-order chi connectivity index (χ0) is 15.1. The highest BCUT2D eigenvalue weighted by atomic mass is 16.3. The minimum absolute atomic E-state index is 0.174. The lowest BCUT2D eigenvalue weighted by Crippen LogP contribution is -2.39. The third-order valence-corrected chi connectivity index (χ3v) is 2.82. The Morgan fingerprint density at radius 1 is 1.33 bits per heavy atom. The molecular weight excluding hydrogens is 270 g/mol. The van der Waals surface area contributed by atoms with Crippen molar-refractivity contribution < 1.29 is 9.21 Å². The molecule has 2 heterocycles. The molecule has 2 rings (SSSR count). The van der Waals surface area contributed by atoms with Crippen LogP contribution in [0.15, 0.2) is 35.1 Å². The van der Waals surface area contributed by atoms with Crippen molar-refractivity contribution in [3.63, 3.8) is 0 Å². The van der Waals surface area contributed by atoms with E-state index in [0.717, 1.165) is 11.5 Å². The van der Waals surface area contributed by atoms with Crippen LogP contribution in [-0.2, 0) is 0 Å². The van der Waals surface area contributed by atoms with Crippen molar-refractivity contribution in [2.75, 3.05) is 18.4 Å². The predicted octanol–water partition coefficient (Wildman–Crippen LogP) is 1.85. The van der Waals surface area contributed by atoms with Gasteiger partial charge in [-0.3, -0.25) is 4.98 Å². The average molecular weight is 289 g/mol. The van der Waals surface area contributed by atoms with E-state index >= 15 is 0 Å². The predicted molar refractivity (Wildman–Crippen MR) is 78.9 cm³/mol. The summed E-state index contributed by atoms with van der Waals surface area (Å²) in [6, 6.07) is 3.32. The van der Waals surface area contributed by atoms with Gasteiger partial charge in [0.05, 0.1) is 12.2 Å². The maximum absolute atomic E-state index is 11.7. The van der Waals surface area contributed by atoms with E-state index in [9.17, 15) is 4.79 Å². The summed E-state index contributed by atoms with van der Waals surface area (Å²) in [6.07, 6.45) is 4.84. The largest absolute Gasteiger partial charge is 0.464 e. The van der Waals surface area contributed by atoms with Crippen LogP contribution in [0, 0.1) is 6.92 Å². The van der Waals surface area contributed by atoms with Gasteiger partial charge in [0.15, 0.2) is 0 Å². The maximum Gasteiger partial charge on any atom is 0.315 e. The van der Waals surface area contributed by atoms with Gasteiger partial charge in [0.1, 0.15) is 17.3 Å². The first-order valence-electron chi connectivity index (χ1n) is 6.76. The molecule has 1 atom stereocenters. The van der Waals surface area contributed by atoms with Crippen LogP contribution in [0.2, 0.25) is 0 Å². The summed E-state index contributed by atoms with van der Waals surface area (Å²) in [6.45, 7) is 4.79. The van der Waals surface area contributed by atoms with Crippen LogP contribution in [0.5, 0.6) is 0 Å². The SMILES string of the molecule is Cc1ccc([C@H](C)NC(=O)NCCNc2cnccn2)o1. The highest BCUT2D eigenvalue weighted by molar-refractivity contribution is 5.74. The summed E-state index contributed by atoms with van der Waals surface area (Å²) in [5, 5.41) is 8.62. The van der Waals surface area contributed by atoms with E-state index in [-0.39, 0.29) is 12.1 Å². The highest BCUT2D eigenvalue weighted by Gasteiger charge is 2.11. The first-order chi connectivity index (χ1) is 10.1. The summed E-state index contributed by atoms with van der Waals surface area (Å²) < 4.78 is 5.46. The van der Waals surface area contributed by atoms with Gasteiger partial charge in [-0.2, -0.15) is 0 Å². The van der Waals surface area contributed by atoms with E-state index < -0.39 is 0 Å². The summed E-state index contributed by atoms with van der Waals surface area (Å²) >= 11 is 0. The van der Waals surface area contributed by atoms with Crippen molar-refractivity contribution in [1.82, 2.24) is 20.6 Å². The zero-order valence-corrected chi connectivity index (χ0v) is 12.1. The number of nitrogens with zero attached hydrogens (tertiary/aromatic N) is 2. The van der Waals surface area contributed by atoms with Crippen LogP contribution in [0.4, 0.5) is 10.6 Å². The first kappa shape index (κ1) is 14.8. The van der Waals surface area contributed by atoms with Crippen LogP contribution < -0.4 is 16.0 Å². The summed E-state index contributed by atoms with van der Waals surface area (Å²) in [5.74, 6) is 2.24. The van der Waals surface area contributed by atoms with E-state index in [0.29, 0.717) is 18.9 Å². The number of anilines is 1. The van der Waals surface area contributed by atoms with Crippen LogP contribution in [-0.4, -0.2) is 29.1 Å². The molecule has 2 amide bonds. The van der Waals surface area contributed by atoms with Crippen molar-refractivity contribution in [1.29, 1.82) is 0 Å². The fourth-order valence-electron chi connectivity index (χ4n) is 1.76. The van der Waals surface area contributed by atoms with Gasteiger partial charge in [-0.25, -0.2) is 9.78 Å². The Bertz CT molecular complexity index is 570. The Hall–Kier alpha value is -2.57. The molecule has 7 nitrogen and oxygen atoms in total. The quantitative estimate of drug-likeness (QED) is 0.706. The minimum atomic E-state index is -0.238. The van der Waals surface area contributed by atoms with Gasteiger partial charge in [0.25, 0.3) is 0 Å². The Balaban J connectivity index is 1.65. The van der Waals surface area contributed by atoms with Gasteiger partial charge in [-0.1, -0.05) is 0 Å². The number of urea groups is 1. The third-order valence-electron chi connectivity index (χ3n) is 2.82. The Morgan fingerprint density at radius 2 is 2.19 bits per heavy atom. The molecular formula is C14H19N5O2. The van der Waals surface area contributed by atoms with E-state index in [1.807, 2.05) is 26.0 Å². The van der Waals surface area contributed by atoms with Crippen LogP contribution in [0.25, 0.3) is 0 Å². The van der Waals surface area contributed by atoms with Crippen molar-refractivity contribution >= 4 is 11.8 Å². The number of amides is 2. The molecule has 0 aliphatic rings.